The number of ether oxygens (including phenoxy) is 1. The Labute approximate surface area is 195 Å². The number of halogens is 4. The highest BCUT2D eigenvalue weighted by Crippen LogP contribution is 2.34. The Morgan fingerprint density at radius 1 is 1.03 bits per heavy atom. The van der Waals surface area contributed by atoms with Gasteiger partial charge in [0.1, 0.15) is 10.6 Å². The number of nitrogens with one attached hydrogen (secondary N) is 1. The number of carbonyl (C=O) groups is 1. The molecule has 0 unspecified atom stereocenters. The number of hydrogen-bond acceptors (Lipinski definition) is 4. The van der Waals surface area contributed by atoms with Gasteiger partial charge in [0.05, 0.1) is 27.9 Å². The quantitative estimate of drug-likeness (QED) is 0.549. The van der Waals surface area contributed by atoms with Crippen LogP contribution in [0.15, 0.2) is 35.2 Å². The molecule has 1 saturated heterocycles. The van der Waals surface area contributed by atoms with E-state index in [-0.39, 0.29) is 50.6 Å². The molecule has 0 aromatic heterocycles. The Morgan fingerprint density at radius 3 is 2.30 bits per heavy atom. The van der Waals surface area contributed by atoms with Crippen LogP contribution in [-0.2, 0) is 14.8 Å². The summed E-state index contributed by atoms with van der Waals surface area (Å²) in [5.41, 5.74) is 0.356. The molecule has 3 rings (SSSR count). The van der Waals surface area contributed by atoms with Gasteiger partial charge >= 0.3 is 0 Å². The smallest absolute Gasteiger partial charge is 0.246 e. The van der Waals surface area contributed by atoms with Crippen LogP contribution >= 0.6 is 46.4 Å². The van der Waals surface area contributed by atoms with Crippen molar-refractivity contribution in [2.75, 3.05) is 25.5 Å². The van der Waals surface area contributed by atoms with Gasteiger partial charge in [-0.05, 0) is 43.2 Å². The molecule has 2 aromatic carbocycles. The molecule has 0 aliphatic carbocycles. The third-order valence-corrected chi connectivity index (χ3v) is 8.03. The number of rotatable bonds is 5. The van der Waals surface area contributed by atoms with E-state index in [1.807, 2.05) is 0 Å². The largest absolute Gasteiger partial charge is 0.495 e. The van der Waals surface area contributed by atoms with Crippen molar-refractivity contribution in [3.8, 4) is 5.75 Å². The van der Waals surface area contributed by atoms with Gasteiger partial charge in [-0.1, -0.05) is 46.4 Å². The van der Waals surface area contributed by atoms with Crippen LogP contribution in [0.5, 0.6) is 5.75 Å². The van der Waals surface area contributed by atoms with Gasteiger partial charge in [0.15, 0.2) is 0 Å². The predicted octanol–water partition coefficient (Wildman–Crippen LogP) is 5.35. The summed E-state index contributed by atoms with van der Waals surface area (Å²) in [5.74, 6) is -0.413. The van der Waals surface area contributed by atoms with E-state index >= 15 is 0 Å². The molecule has 0 atom stereocenters. The van der Waals surface area contributed by atoms with Crippen LogP contribution < -0.4 is 10.1 Å². The Kier molecular flexibility index (Phi) is 7.43. The molecular formula is C19H18Cl4N2O4S. The van der Waals surface area contributed by atoms with Crippen LogP contribution in [0.2, 0.25) is 20.1 Å². The van der Waals surface area contributed by atoms with E-state index < -0.39 is 10.0 Å². The zero-order valence-corrected chi connectivity index (χ0v) is 19.6. The molecule has 1 aliphatic rings. The van der Waals surface area contributed by atoms with E-state index in [1.165, 1.54) is 35.7 Å². The van der Waals surface area contributed by atoms with E-state index in [0.29, 0.717) is 23.6 Å². The molecule has 11 heteroatoms. The van der Waals surface area contributed by atoms with Crippen LogP contribution in [0.25, 0.3) is 0 Å². The SMILES string of the molecule is COc1ccc(Cl)cc1S(=O)(=O)N1CCC(C(=O)Nc2cc(Cl)c(Cl)cc2Cl)CC1. The van der Waals surface area contributed by atoms with E-state index in [4.69, 9.17) is 51.1 Å². The number of anilines is 1. The average molecular weight is 512 g/mol. The zero-order valence-electron chi connectivity index (χ0n) is 15.8. The maximum Gasteiger partial charge on any atom is 0.246 e. The van der Waals surface area contributed by atoms with Crippen molar-refractivity contribution in [1.29, 1.82) is 0 Å². The van der Waals surface area contributed by atoms with E-state index in [9.17, 15) is 13.2 Å². The van der Waals surface area contributed by atoms with Crippen molar-refractivity contribution in [3.05, 3.63) is 50.4 Å². The van der Waals surface area contributed by atoms with Crippen molar-refractivity contribution in [2.24, 2.45) is 5.92 Å². The molecular weight excluding hydrogens is 494 g/mol. The minimum absolute atomic E-state index is 0.00277. The van der Waals surface area contributed by atoms with Gasteiger partial charge in [0.25, 0.3) is 0 Å². The second-order valence-corrected chi connectivity index (χ2v) is 10.3. The molecule has 30 heavy (non-hydrogen) atoms. The van der Waals surface area contributed by atoms with Crippen molar-refractivity contribution in [2.45, 2.75) is 17.7 Å². The highest BCUT2D eigenvalue weighted by Gasteiger charge is 2.34. The first-order valence-corrected chi connectivity index (χ1v) is 11.9. The molecule has 2 aromatic rings. The third kappa shape index (κ3) is 4.98. The minimum atomic E-state index is -3.81. The minimum Gasteiger partial charge on any atom is -0.495 e. The number of hydrogen-bond donors (Lipinski definition) is 1. The van der Waals surface area contributed by atoms with Gasteiger partial charge < -0.3 is 10.1 Å². The summed E-state index contributed by atoms with van der Waals surface area (Å²) in [7, 11) is -2.42. The normalized spacial score (nSPS) is 15.8. The summed E-state index contributed by atoms with van der Waals surface area (Å²) < 4.78 is 32.6. The van der Waals surface area contributed by atoms with Crippen molar-refractivity contribution in [1.82, 2.24) is 4.31 Å². The van der Waals surface area contributed by atoms with E-state index in [0.717, 1.165) is 0 Å². The van der Waals surface area contributed by atoms with Crippen LogP contribution in [-0.4, -0.2) is 38.8 Å². The monoisotopic (exact) mass is 510 g/mol. The lowest BCUT2D eigenvalue weighted by atomic mass is 9.97. The van der Waals surface area contributed by atoms with Crippen molar-refractivity contribution >= 4 is 68.0 Å². The number of piperidine rings is 1. The number of carbonyl (C=O) groups excluding carboxylic acids is 1. The highest BCUT2D eigenvalue weighted by molar-refractivity contribution is 7.89. The predicted molar refractivity (Wildman–Crippen MR) is 120 cm³/mol. The van der Waals surface area contributed by atoms with Crippen LogP contribution in [0, 0.1) is 5.92 Å². The van der Waals surface area contributed by atoms with Crippen LogP contribution in [0.3, 0.4) is 0 Å². The third-order valence-electron chi connectivity index (χ3n) is 4.84. The number of nitrogens with zero attached hydrogens (tertiary/aromatic N) is 1. The maximum atomic E-state index is 13.0. The van der Waals surface area contributed by atoms with Gasteiger partial charge in [-0.2, -0.15) is 4.31 Å². The molecule has 6 nitrogen and oxygen atoms in total. The zero-order chi connectivity index (χ0) is 22.1. The lowest BCUT2D eigenvalue weighted by Gasteiger charge is -2.31. The molecule has 0 radical (unpaired) electrons. The molecule has 1 N–H and O–H groups in total. The Morgan fingerprint density at radius 2 is 1.67 bits per heavy atom. The van der Waals surface area contributed by atoms with Crippen LogP contribution in [0.1, 0.15) is 12.8 Å². The van der Waals surface area contributed by atoms with Crippen molar-refractivity contribution in [3.63, 3.8) is 0 Å². The van der Waals surface area contributed by atoms with Crippen molar-refractivity contribution < 1.29 is 17.9 Å². The van der Waals surface area contributed by atoms with E-state index in [2.05, 4.69) is 5.32 Å². The van der Waals surface area contributed by atoms with Gasteiger partial charge in [0.2, 0.25) is 15.9 Å². The summed E-state index contributed by atoms with van der Waals surface area (Å²) in [6.07, 6.45) is 0.708. The summed E-state index contributed by atoms with van der Waals surface area (Å²) in [5, 5.41) is 3.86. The molecule has 0 bridgehead atoms. The van der Waals surface area contributed by atoms with Crippen LogP contribution in [0.4, 0.5) is 5.69 Å². The maximum absolute atomic E-state index is 13.0. The summed E-state index contributed by atoms with van der Waals surface area (Å²) in [6, 6.07) is 7.37. The first-order valence-electron chi connectivity index (χ1n) is 8.92. The molecule has 1 amide bonds. The van der Waals surface area contributed by atoms with Gasteiger partial charge in [0, 0.05) is 24.0 Å². The molecule has 1 fully saturated rings. The molecule has 1 aliphatic heterocycles. The fourth-order valence-electron chi connectivity index (χ4n) is 3.20. The number of methoxy groups -OCH3 is 1. The second-order valence-electron chi connectivity index (χ2n) is 6.71. The fraction of sp³-hybridized carbons (Fsp3) is 0.316. The molecule has 0 spiro atoms. The number of benzene rings is 2. The van der Waals surface area contributed by atoms with E-state index in [1.54, 1.807) is 6.07 Å². The Balaban J connectivity index is 1.69. The summed E-state index contributed by atoms with van der Waals surface area (Å²) in [4.78, 5) is 12.6. The summed E-state index contributed by atoms with van der Waals surface area (Å²) in [6.45, 7) is 0.371. The Hall–Kier alpha value is -1.22. The summed E-state index contributed by atoms with van der Waals surface area (Å²) >= 11 is 24.0. The molecule has 0 saturated carbocycles. The fourth-order valence-corrected chi connectivity index (χ4v) is 5.68. The standard InChI is InChI=1S/C19H18Cl4N2O4S/c1-29-17-3-2-12(20)8-18(17)30(27,28)25-6-4-11(5-7-25)19(26)24-16-10-14(22)13(21)9-15(16)23/h2-3,8-11H,4-7H2,1H3,(H,24,26). The topological polar surface area (TPSA) is 75.7 Å². The lowest BCUT2D eigenvalue weighted by molar-refractivity contribution is -0.120. The van der Waals surface area contributed by atoms with Gasteiger partial charge in [-0.25, -0.2) is 8.42 Å². The number of sulfonamides is 1. The first kappa shape index (κ1) is 23.4. The Bertz CT molecular complexity index is 1070. The van der Waals surface area contributed by atoms with Gasteiger partial charge in [-0.15, -0.1) is 0 Å². The lowest BCUT2D eigenvalue weighted by Crippen LogP contribution is -2.41. The molecule has 162 valence electrons. The average Bonchev–Trinajstić information content (AvgIpc) is 2.72. The second kappa shape index (κ2) is 9.51. The molecule has 1 heterocycles. The van der Waals surface area contributed by atoms with Gasteiger partial charge in [-0.3, -0.25) is 4.79 Å². The number of amides is 1. The first-order chi connectivity index (χ1) is 14.1. The highest BCUT2D eigenvalue weighted by atomic mass is 35.5.